The molecular formula is C25H27N5O3. The first-order chi connectivity index (χ1) is 16.0. The molecule has 8 nitrogen and oxygen atoms in total. The molecule has 0 saturated carbocycles. The summed E-state index contributed by atoms with van der Waals surface area (Å²) in [5.41, 5.74) is 2.21. The molecule has 2 aromatic heterocycles. The van der Waals surface area contributed by atoms with E-state index in [0.717, 1.165) is 15.7 Å². The second-order valence-electron chi connectivity index (χ2n) is 8.10. The van der Waals surface area contributed by atoms with Gasteiger partial charge in [-0.05, 0) is 17.5 Å². The second kappa shape index (κ2) is 9.68. The maximum Gasteiger partial charge on any atom is 0.332 e. The first kappa shape index (κ1) is 22.3. The predicted molar refractivity (Wildman–Crippen MR) is 127 cm³/mol. The lowest BCUT2D eigenvalue weighted by atomic mass is 9.91. The Labute approximate surface area is 191 Å². The Morgan fingerprint density at radius 3 is 2.15 bits per heavy atom. The van der Waals surface area contributed by atoms with Crippen molar-refractivity contribution in [3.63, 3.8) is 0 Å². The molecule has 2 aromatic carbocycles. The summed E-state index contributed by atoms with van der Waals surface area (Å²) in [5, 5.41) is 3.06. The van der Waals surface area contributed by atoms with Crippen LogP contribution in [0, 0.1) is 0 Å². The van der Waals surface area contributed by atoms with Crippen molar-refractivity contribution < 1.29 is 4.79 Å². The van der Waals surface area contributed by atoms with Crippen LogP contribution in [-0.4, -0.2) is 31.1 Å². The monoisotopic (exact) mass is 445 g/mol. The summed E-state index contributed by atoms with van der Waals surface area (Å²) in [6.07, 6.45) is 2.41. The molecule has 0 aliphatic heterocycles. The lowest BCUT2D eigenvalue weighted by Gasteiger charge is -2.19. The first-order valence-electron chi connectivity index (χ1n) is 10.9. The molecule has 170 valence electrons. The van der Waals surface area contributed by atoms with Crippen LogP contribution in [0.2, 0.25) is 0 Å². The van der Waals surface area contributed by atoms with E-state index in [2.05, 4.69) is 34.6 Å². The predicted octanol–water partition coefficient (Wildman–Crippen LogP) is 2.16. The van der Waals surface area contributed by atoms with Gasteiger partial charge in [0.25, 0.3) is 5.56 Å². The molecule has 0 unspecified atom stereocenters. The fraction of sp³-hybridized carbons (Fsp3) is 0.280. The molecular weight excluding hydrogens is 418 g/mol. The number of nitrogens with zero attached hydrogens (tertiary/aromatic N) is 4. The normalized spacial score (nSPS) is 11.2. The van der Waals surface area contributed by atoms with Gasteiger partial charge in [0.1, 0.15) is 0 Å². The van der Waals surface area contributed by atoms with E-state index in [4.69, 9.17) is 0 Å². The number of hydrogen-bond acceptors (Lipinski definition) is 4. The van der Waals surface area contributed by atoms with Gasteiger partial charge in [-0.1, -0.05) is 60.7 Å². The number of nitrogens with one attached hydrogen (secondary N) is 1. The van der Waals surface area contributed by atoms with Crippen LogP contribution < -0.4 is 16.6 Å². The smallest absolute Gasteiger partial charge is 0.332 e. The van der Waals surface area contributed by atoms with Gasteiger partial charge in [0.2, 0.25) is 5.91 Å². The van der Waals surface area contributed by atoms with Gasteiger partial charge < -0.3 is 9.88 Å². The molecule has 0 aliphatic rings. The summed E-state index contributed by atoms with van der Waals surface area (Å²) in [6, 6.07) is 20.3. The minimum atomic E-state index is -0.413. The lowest BCUT2D eigenvalue weighted by molar-refractivity contribution is -0.121. The molecule has 0 fully saturated rings. The highest BCUT2D eigenvalue weighted by Crippen LogP contribution is 2.23. The highest BCUT2D eigenvalue weighted by Gasteiger charge is 2.16. The van der Waals surface area contributed by atoms with Gasteiger partial charge in [0, 0.05) is 39.5 Å². The highest BCUT2D eigenvalue weighted by molar-refractivity contribution is 5.76. The maximum absolute atomic E-state index is 12.6. The number of benzene rings is 2. The van der Waals surface area contributed by atoms with Crippen molar-refractivity contribution in [2.24, 2.45) is 14.1 Å². The number of fused-ring (bicyclic) bond motifs is 1. The van der Waals surface area contributed by atoms with Crippen LogP contribution in [0.5, 0.6) is 0 Å². The molecule has 1 amide bonds. The topological polar surface area (TPSA) is 90.9 Å². The van der Waals surface area contributed by atoms with E-state index in [1.165, 1.54) is 11.6 Å². The summed E-state index contributed by atoms with van der Waals surface area (Å²) in [6.45, 7) is 0.960. The Balaban J connectivity index is 1.40. The SMILES string of the molecule is Cn1c(=O)c2c(ncn2CCCC(=O)NCC(c2ccccc2)c2ccccc2)n(C)c1=O. The van der Waals surface area contributed by atoms with E-state index in [1.807, 2.05) is 36.4 Å². The number of hydrogen-bond donors (Lipinski definition) is 1. The molecule has 0 atom stereocenters. The van der Waals surface area contributed by atoms with Crippen LogP contribution >= 0.6 is 0 Å². The van der Waals surface area contributed by atoms with E-state index in [1.54, 1.807) is 17.9 Å². The Hall–Kier alpha value is -3.94. The van der Waals surface area contributed by atoms with E-state index in [0.29, 0.717) is 37.1 Å². The van der Waals surface area contributed by atoms with Crippen LogP contribution in [0.25, 0.3) is 11.2 Å². The first-order valence-corrected chi connectivity index (χ1v) is 10.9. The third-order valence-corrected chi connectivity index (χ3v) is 5.93. The zero-order valence-corrected chi connectivity index (χ0v) is 18.8. The van der Waals surface area contributed by atoms with Gasteiger partial charge >= 0.3 is 5.69 Å². The average Bonchev–Trinajstić information content (AvgIpc) is 3.27. The van der Waals surface area contributed by atoms with Gasteiger partial charge in [-0.15, -0.1) is 0 Å². The highest BCUT2D eigenvalue weighted by atomic mass is 16.2. The molecule has 0 radical (unpaired) electrons. The third kappa shape index (κ3) is 4.64. The van der Waals surface area contributed by atoms with Gasteiger partial charge in [0.05, 0.1) is 6.33 Å². The Bertz CT molecular complexity index is 1330. The molecule has 4 rings (SSSR count). The lowest BCUT2D eigenvalue weighted by Crippen LogP contribution is -2.37. The molecule has 0 aliphatic carbocycles. The average molecular weight is 446 g/mol. The van der Waals surface area contributed by atoms with Crippen LogP contribution in [0.3, 0.4) is 0 Å². The fourth-order valence-corrected chi connectivity index (χ4v) is 4.08. The van der Waals surface area contributed by atoms with E-state index >= 15 is 0 Å². The van der Waals surface area contributed by atoms with Crippen molar-refractivity contribution in [1.82, 2.24) is 24.0 Å². The number of carbonyl (C=O) groups excluding carboxylic acids is 1. The summed E-state index contributed by atoms with van der Waals surface area (Å²) in [5.74, 6) is 0.0230. The van der Waals surface area contributed by atoms with Crippen molar-refractivity contribution in [1.29, 1.82) is 0 Å². The summed E-state index contributed by atoms with van der Waals surface area (Å²) in [7, 11) is 3.04. The second-order valence-corrected chi connectivity index (χ2v) is 8.10. The number of amides is 1. The van der Waals surface area contributed by atoms with Crippen molar-refractivity contribution >= 4 is 17.1 Å². The van der Waals surface area contributed by atoms with E-state index in [-0.39, 0.29) is 17.4 Å². The van der Waals surface area contributed by atoms with Crippen molar-refractivity contribution in [3.05, 3.63) is 99.0 Å². The van der Waals surface area contributed by atoms with Crippen LogP contribution in [-0.2, 0) is 25.4 Å². The number of aromatic nitrogens is 4. The Morgan fingerprint density at radius 2 is 1.55 bits per heavy atom. The van der Waals surface area contributed by atoms with Crippen molar-refractivity contribution in [2.45, 2.75) is 25.3 Å². The molecule has 33 heavy (non-hydrogen) atoms. The van der Waals surface area contributed by atoms with Crippen LogP contribution in [0.4, 0.5) is 0 Å². The molecule has 4 aromatic rings. The van der Waals surface area contributed by atoms with Crippen LogP contribution in [0.15, 0.2) is 76.6 Å². The zero-order chi connectivity index (χ0) is 23.4. The number of rotatable bonds is 8. The van der Waals surface area contributed by atoms with Crippen LogP contribution in [0.1, 0.15) is 29.9 Å². The fourth-order valence-electron chi connectivity index (χ4n) is 4.08. The van der Waals surface area contributed by atoms with Gasteiger partial charge in [-0.25, -0.2) is 9.78 Å². The molecule has 1 N–H and O–H groups in total. The Kier molecular flexibility index (Phi) is 6.53. The van der Waals surface area contributed by atoms with E-state index < -0.39 is 5.69 Å². The van der Waals surface area contributed by atoms with Gasteiger partial charge in [-0.3, -0.25) is 18.7 Å². The zero-order valence-electron chi connectivity index (χ0n) is 18.8. The summed E-state index contributed by atoms with van der Waals surface area (Å²) < 4.78 is 4.13. The van der Waals surface area contributed by atoms with Crippen molar-refractivity contribution in [2.75, 3.05) is 6.54 Å². The van der Waals surface area contributed by atoms with E-state index in [9.17, 15) is 14.4 Å². The largest absolute Gasteiger partial charge is 0.355 e. The number of carbonyl (C=O) groups is 1. The third-order valence-electron chi connectivity index (χ3n) is 5.93. The summed E-state index contributed by atoms with van der Waals surface area (Å²) >= 11 is 0. The van der Waals surface area contributed by atoms with Gasteiger partial charge in [0.15, 0.2) is 11.2 Å². The Morgan fingerprint density at radius 1 is 0.939 bits per heavy atom. The standard InChI is InChI=1S/C25H27N5O3/c1-28-23-22(24(32)29(2)25(28)33)30(17-27-23)15-9-14-21(31)26-16-20(18-10-5-3-6-11-18)19-12-7-4-8-13-19/h3-8,10-13,17,20H,9,14-16H2,1-2H3,(H,26,31). The molecule has 0 saturated heterocycles. The van der Waals surface area contributed by atoms with Crippen molar-refractivity contribution in [3.8, 4) is 0 Å². The maximum atomic E-state index is 12.6. The molecule has 0 spiro atoms. The summed E-state index contributed by atoms with van der Waals surface area (Å²) in [4.78, 5) is 41.4. The molecule has 8 heteroatoms. The van der Waals surface area contributed by atoms with Gasteiger partial charge in [-0.2, -0.15) is 0 Å². The molecule has 2 heterocycles. The quantitative estimate of drug-likeness (QED) is 0.450. The molecule has 0 bridgehead atoms. The number of aryl methyl sites for hydroxylation is 2. The number of imidazole rings is 1. The minimum Gasteiger partial charge on any atom is -0.355 e. The minimum absolute atomic E-state index is 0.0448.